The molecule has 1 aliphatic heterocycles. The molecular weight excluding hydrogens is 613 g/mol. The van der Waals surface area contributed by atoms with Crippen LogP contribution in [0.1, 0.15) is 29.7 Å². The lowest BCUT2D eigenvalue weighted by Gasteiger charge is -2.23. The number of aliphatic hydroxyl groups excluding tert-OH is 1. The van der Waals surface area contributed by atoms with E-state index in [0.29, 0.717) is 49.9 Å². The van der Waals surface area contributed by atoms with Crippen LogP contribution in [0, 0.1) is 5.82 Å². The molecule has 0 aliphatic carbocycles. The van der Waals surface area contributed by atoms with E-state index in [1.54, 1.807) is 66.7 Å². The summed E-state index contributed by atoms with van der Waals surface area (Å²) in [7, 11) is 0. The van der Waals surface area contributed by atoms with E-state index in [9.17, 15) is 19.1 Å². The van der Waals surface area contributed by atoms with Gasteiger partial charge in [-0.1, -0.05) is 71.6 Å². The fourth-order valence-electron chi connectivity index (χ4n) is 4.45. The lowest BCUT2D eigenvalue weighted by molar-refractivity contribution is -0.132. The Labute approximate surface area is 260 Å². The maximum absolute atomic E-state index is 14.1. The third-order valence-electron chi connectivity index (χ3n) is 6.41. The van der Waals surface area contributed by atoms with E-state index in [-0.39, 0.29) is 28.9 Å². The molecule has 1 saturated heterocycles. The monoisotopic (exact) mass is 637 g/mol. The van der Waals surface area contributed by atoms with E-state index in [1.807, 2.05) is 6.92 Å². The highest BCUT2D eigenvalue weighted by Gasteiger charge is 2.48. The standard InChI is InChI=1S/C31H25ClFN3O5S2/c1-3-15-41-23-14-11-19(16-24(23)40-4-2)26-25(27(37)18-9-12-21(32)13-10-18)28(38)29(39)36(26)30-34-35-31(43-30)42-17-20-7-5-6-8-22(20)33/h3,5-14,16,26,37H,1,4,15,17H2,2H3. The molecule has 1 N–H and O–H groups in total. The van der Waals surface area contributed by atoms with Crippen molar-refractivity contribution in [2.45, 2.75) is 23.1 Å². The minimum Gasteiger partial charge on any atom is -0.507 e. The van der Waals surface area contributed by atoms with Gasteiger partial charge in [0.1, 0.15) is 18.2 Å². The second-order valence-corrected chi connectivity index (χ2v) is 11.8. The number of thioether (sulfide) groups is 1. The highest BCUT2D eigenvalue weighted by Crippen LogP contribution is 2.45. The van der Waals surface area contributed by atoms with Crippen molar-refractivity contribution < 1.29 is 28.6 Å². The number of ketones is 1. The Morgan fingerprint density at radius 3 is 2.60 bits per heavy atom. The third-order valence-corrected chi connectivity index (χ3v) is 8.77. The number of nitrogens with zero attached hydrogens (tertiary/aromatic N) is 3. The Balaban J connectivity index is 1.58. The molecule has 0 spiro atoms. The van der Waals surface area contributed by atoms with Crippen molar-refractivity contribution in [2.75, 3.05) is 18.1 Å². The summed E-state index contributed by atoms with van der Waals surface area (Å²) in [5, 5.41) is 20.4. The van der Waals surface area contributed by atoms with Gasteiger partial charge in [0.25, 0.3) is 5.78 Å². The SMILES string of the molecule is C=CCOc1ccc(C2C(=C(O)c3ccc(Cl)cc3)C(=O)C(=O)N2c2nnc(SCc3ccccc3F)s2)cc1OCC. The van der Waals surface area contributed by atoms with E-state index >= 15 is 0 Å². The Morgan fingerprint density at radius 1 is 1.12 bits per heavy atom. The van der Waals surface area contributed by atoms with Gasteiger partial charge in [-0.15, -0.1) is 10.2 Å². The van der Waals surface area contributed by atoms with E-state index in [4.69, 9.17) is 21.1 Å². The number of anilines is 1. The summed E-state index contributed by atoms with van der Waals surface area (Å²) in [6.07, 6.45) is 1.60. The number of aromatic nitrogens is 2. The topological polar surface area (TPSA) is 102 Å². The summed E-state index contributed by atoms with van der Waals surface area (Å²) < 4.78 is 26.2. The zero-order chi connectivity index (χ0) is 30.5. The summed E-state index contributed by atoms with van der Waals surface area (Å²) >= 11 is 8.37. The molecule has 3 aromatic carbocycles. The molecule has 8 nitrogen and oxygen atoms in total. The molecule has 1 aromatic heterocycles. The average molecular weight is 638 g/mol. The number of ether oxygens (including phenoxy) is 2. The molecule has 0 bridgehead atoms. The van der Waals surface area contributed by atoms with Crippen molar-refractivity contribution in [1.82, 2.24) is 10.2 Å². The van der Waals surface area contributed by atoms with Gasteiger partial charge < -0.3 is 14.6 Å². The molecule has 0 saturated carbocycles. The van der Waals surface area contributed by atoms with E-state index < -0.39 is 17.7 Å². The third kappa shape index (κ3) is 6.43. The first-order chi connectivity index (χ1) is 20.8. The lowest BCUT2D eigenvalue weighted by atomic mass is 9.95. The summed E-state index contributed by atoms with van der Waals surface area (Å²) in [6, 6.07) is 16.6. The van der Waals surface area contributed by atoms with Crippen molar-refractivity contribution in [3.63, 3.8) is 0 Å². The first kappa shape index (κ1) is 30.3. The van der Waals surface area contributed by atoms with Gasteiger partial charge in [0.15, 0.2) is 15.8 Å². The Morgan fingerprint density at radius 2 is 1.88 bits per heavy atom. The van der Waals surface area contributed by atoms with Gasteiger partial charge in [0, 0.05) is 16.3 Å². The van der Waals surface area contributed by atoms with Crippen LogP contribution in [0.3, 0.4) is 0 Å². The van der Waals surface area contributed by atoms with Crippen LogP contribution in [-0.4, -0.2) is 40.2 Å². The normalized spacial score (nSPS) is 16.0. The second-order valence-electron chi connectivity index (χ2n) is 9.15. The van der Waals surface area contributed by atoms with Crippen LogP contribution >= 0.6 is 34.7 Å². The minimum absolute atomic E-state index is 0.134. The van der Waals surface area contributed by atoms with Gasteiger partial charge in [-0.2, -0.15) is 0 Å². The molecule has 4 aromatic rings. The van der Waals surface area contributed by atoms with Gasteiger partial charge in [-0.05, 0) is 60.5 Å². The molecule has 12 heteroatoms. The first-order valence-corrected chi connectivity index (χ1v) is 15.3. The van der Waals surface area contributed by atoms with Gasteiger partial charge >= 0.3 is 5.91 Å². The summed E-state index contributed by atoms with van der Waals surface area (Å²) in [6.45, 7) is 6.06. The van der Waals surface area contributed by atoms with E-state index in [1.165, 1.54) is 22.7 Å². The fourth-order valence-corrected chi connectivity index (χ4v) is 6.43. The van der Waals surface area contributed by atoms with Gasteiger partial charge in [-0.25, -0.2) is 4.39 Å². The Bertz CT molecular complexity index is 1710. The van der Waals surface area contributed by atoms with Crippen LogP contribution < -0.4 is 14.4 Å². The fraction of sp³-hybridized carbons (Fsp3) is 0.161. The number of Topliss-reactive ketones (excluding diaryl/α,β-unsaturated/α-hetero) is 1. The summed E-state index contributed by atoms with van der Waals surface area (Å²) in [5.74, 6) is -1.35. The van der Waals surface area contributed by atoms with Crippen molar-refractivity contribution in [3.8, 4) is 11.5 Å². The van der Waals surface area contributed by atoms with Crippen LogP contribution in [-0.2, 0) is 15.3 Å². The highest BCUT2D eigenvalue weighted by molar-refractivity contribution is 8.00. The molecule has 0 radical (unpaired) electrons. The molecule has 1 fully saturated rings. The van der Waals surface area contributed by atoms with E-state index in [0.717, 1.165) is 11.3 Å². The second kappa shape index (κ2) is 13.4. The number of benzene rings is 3. The molecule has 1 unspecified atom stereocenters. The number of halogens is 2. The molecular formula is C31H25ClFN3O5S2. The largest absolute Gasteiger partial charge is 0.507 e. The van der Waals surface area contributed by atoms with Crippen molar-refractivity contribution in [3.05, 3.63) is 112 Å². The van der Waals surface area contributed by atoms with Crippen molar-refractivity contribution in [2.24, 2.45) is 0 Å². The van der Waals surface area contributed by atoms with Crippen molar-refractivity contribution in [1.29, 1.82) is 0 Å². The first-order valence-electron chi connectivity index (χ1n) is 13.1. The van der Waals surface area contributed by atoms with Gasteiger partial charge in [-0.3, -0.25) is 14.5 Å². The van der Waals surface area contributed by atoms with Crippen LogP contribution in [0.4, 0.5) is 9.52 Å². The highest BCUT2D eigenvalue weighted by atomic mass is 35.5. The maximum atomic E-state index is 14.1. The zero-order valence-electron chi connectivity index (χ0n) is 22.8. The zero-order valence-corrected chi connectivity index (χ0v) is 25.2. The molecule has 1 aliphatic rings. The molecule has 43 heavy (non-hydrogen) atoms. The number of rotatable bonds is 11. The molecule has 1 amide bonds. The predicted octanol–water partition coefficient (Wildman–Crippen LogP) is 7.21. The number of hydrogen-bond donors (Lipinski definition) is 1. The number of amides is 1. The van der Waals surface area contributed by atoms with Gasteiger partial charge in [0.05, 0.1) is 18.2 Å². The maximum Gasteiger partial charge on any atom is 0.301 e. The number of hydrogen-bond acceptors (Lipinski definition) is 9. The van der Waals surface area contributed by atoms with Crippen LogP contribution in [0.15, 0.2) is 89.3 Å². The quantitative estimate of drug-likeness (QED) is 0.0460. The number of aliphatic hydroxyl groups is 1. The summed E-state index contributed by atoms with van der Waals surface area (Å²) in [4.78, 5) is 28.3. The predicted molar refractivity (Wildman–Crippen MR) is 165 cm³/mol. The van der Waals surface area contributed by atoms with Crippen LogP contribution in [0.25, 0.3) is 5.76 Å². The Hall–Kier alpha value is -4.19. The number of carbonyl (C=O) groups excluding carboxylic acids is 2. The lowest BCUT2D eigenvalue weighted by Crippen LogP contribution is -2.29. The smallest absolute Gasteiger partial charge is 0.301 e. The van der Waals surface area contributed by atoms with Gasteiger partial charge in [0.2, 0.25) is 5.13 Å². The molecule has 220 valence electrons. The van der Waals surface area contributed by atoms with Crippen LogP contribution in [0.5, 0.6) is 11.5 Å². The summed E-state index contributed by atoms with van der Waals surface area (Å²) in [5.41, 5.74) is 1.14. The average Bonchev–Trinajstić information content (AvgIpc) is 3.58. The molecule has 1 atom stereocenters. The number of carbonyl (C=O) groups is 2. The van der Waals surface area contributed by atoms with Crippen molar-refractivity contribution >= 4 is 57.3 Å². The molecule has 5 rings (SSSR count). The minimum atomic E-state index is -1.07. The van der Waals surface area contributed by atoms with Crippen LogP contribution in [0.2, 0.25) is 5.02 Å². The van der Waals surface area contributed by atoms with E-state index in [2.05, 4.69) is 16.8 Å². The Kier molecular flexibility index (Phi) is 9.44. The molecule has 2 heterocycles.